The number of rotatable bonds is 2. The highest BCUT2D eigenvalue weighted by Crippen LogP contribution is 2.22. The van der Waals surface area contributed by atoms with Crippen molar-refractivity contribution in [2.75, 3.05) is 11.4 Å². The summed E-state index contributed by atoms with van der Waals surface area (Å²) in [7, 11) is 0. The van der Waals surface area contributed by atoms with Crippen molar-refractivity contribution in [3.63, 3.8) is 0 Å². The molecular formula is C22H19N5OS. The van der Waals surface area contributed by atoms with Crippen LogP contribution in [0.5, 0.6) is 0 Å². The van der Waals surface area contributed by atoms with Crippen LogP contribution in [0.4, 0.5) is 5.95 Å². The van der Waals surface area contributed by atoms with Gasteiger partial charge in [0.2, 0.25) is 5.95 Å². The van der Waals surface area contributed by atoms with Crippen molar-refractivity contribution in [3.8, 4) is 5.69 Å². The van der Waals surface area contributed by atoms with Gasteiger partial charge in [-0.2, -0.15) is 4.98 Å². The smallest absolute Gasteiger partial charge is 0.264 e. The second kappa shape index (κ2) is 6.93. The molecule has 0 unspecified atom stereocenters. The van der Waals surface area contributed by atoms with Gasteiger partial charge in [0, 0.05) is 18.8 Å². The van der Waals surface area contributed by atoms with E-state index in [9.17, 15) is 4.79 Å². The number of aromatic amines is 1. The summed E-state index contributed by atoms with van der Waals surface area (Å²) in [6, 6.07) is 16.3. The summed E-state index contributed by atoms with van der Waals surface area (Å²) >= 11 is 5.61. The monoisotopic (exact) mass is 401 g/mol. The van der Waals surface area contributed by atoms with Crippen molar-refractivity contribution < 1.29 is 0 Å². The predicted octanol–water partition coefficient (Wildman–Crippen LogP) is 3.71. The number of hydrogen-bond donors (Lipinski definition) is 1. The predicted molar refractivity (Wildman–Crippen MR) is 116 cm³/mol. The summed E-state index contributed by atoms with van der Waals surface area (Å²) in [5, 5.41) is 0.338. The van der Waals surface area contributed by atoms with Gasteiger partial charge >= 0.3 is 0 Å². The third-order valence-corrected chi connectivity index (χ3v) is 5.73. The molecular weight excluding hydrogens is 382 g/mol. The third-order valence-electron chi connectivity index (χ3n) is 5.33. The van der Waals surface area contributed by atoms with E-state index in [1.54, 1.807) is 10.9 Å². The molecule has 7 heteroatoms. The van der Waals surface area contributed by atoms with E-state index in [0.717, 1.165) is 24.2 Å². The van der Waals surface area contributed by atoms with Gasteiger partial charge in [0.1, 0.15) is 16.4 Å². The third kappa shape index (κ3) is 3.13. The summed E-state index contributed by atoms with van der Waals surface area (Å²) in [6.45, 7) is 3.52. The Morgan fingerprint density at radius 1 is 1.10 bits per heavy atom. The largest absolute Gasteiger partial charge is 0.338 e. The highest BCUT2D eigenvalue weighted by Gasteiger charge is 2.19. The number of aryl methyl sites for hydroxylation is 1. The van der Waals surface area contributed by atoms with Crippen molar-refractivity contribution in [1.29, 1.82) is 0 Å². The topological polar surface area (TPSA) is 66.8 Å². The molecule has 0 amide bonds. The molecule has 0 fully saturated rings. The summed E-state index contributed by atoms with van der Waals surface area (Å²) in [5.41, 5.74) is 4.69. The Morgan fingerprint density at radius 2 is 1.93 bits per heavy atom. The van der Waals surface area contributed by atoms with Crippen molar-refractivity contribution in [3.05, 3.63) is 86.5 Å². The van der Waals surface area contributed by atoms with Crippen LogP contribution < -0.4 is 10.5 Å². The number of H-pyrrole nitrogens is 1. The molecule has 2 aromatic heterocycles. The first-order valence-electron chi connectivity index (χ1n) is 9.50. The number of hydrogen-bond acceptors (Lipinski definition) is 5. The molecule has 0 saturated carbocycles. The average molecular weight is 401 g/mol. The van der Waals surface area contributed by atoms with Crippen molar-refractivity contribution in [2.24, 2.45) is 0 Å². The SMILES string of the molecule is Cc1cccc(-n2cnc3nc(N4CCc5ccccc5C4)[nH]c(=O)c3c2=S)c1. The molecule has 1 N–H and O–H groups in total. The fraction of sp³-hybridized carbons (Fsp3) is 0.182. The Morgan fingerprint density at radius 3 is 2.76 bits per heavy atom. The lowest BCUT2D eigenvalue weighted by atomic mass is 10.0. The maximum atomic E-state index is 12.9. The first-order valence-corrected chi connectivity index (χ1v) is 9.91. The number of benzene rings is 2. The van der Waals surface area contributed by atoms with Gasteiger partial charge in [0.25, 0.3) is 5.56 Å². The zero-order chi connectivity index (χ0) is 20.0. The number of nitrogens with one attached hydrogen (secondary N) is 1. The van der Waals surface area contributed by atoms with E-state index in [1.807, 2.05) is 37.3 Å². The first kappa shape index (κ1) is 17.8. The Labute approximate surface area is 172 Å². The molecule has 1 aliphatic rings. The molecule has 5 rings (SSSR count). The van der Waals surface area contributed by atoms with E-state index >= 15 is 0 Å². The minimum atomic E-state index is -0.261. The zero-order valence-electron chi connectivity index (χ0n) is 15.9. The van der Waals surface area contributed by atoms with E-state index in [2.05, 4.69) is 38.1 Å². The van der Waals surface area contributed by atoms with Crippen LogP contribution in [0.25, 0.3) is 16.7 Å². The Balaban J connectivity index is 1.59. The van der Waals surface area contributed by atoms with E-state index in [0.29, 0.717) is 28.2 Å². The molecule has 1 aliphatic heterocycles. The zero-order valence-corrected chi connectivity index (χ0v) is 16.7. The van der Waals surface area contributed by atoms with E-state index < -0.39 is 0 Å². The molecule has 0 atom stereocenters. The van der Waals surface area contributed by atoms with Gasteiger partial charge in [-0.15, -0.1) is 0 Å². The number of fused-ring (bicyclic) bond motifs is 2. The summed E-state index contributed by atoms with van der Waals surface area (Å²) in [4.78, 5) is 27.0. The molecule has 0 saturated heterocycles. The van der Waals surface area contributed by atoms with Gasteiger partial charge in [0.15, 0.2) is 5.65 Å². The molecule has 144 valence electrons. The molecule has 6 nitrogen and oxygen atoms in total. The fourth-order valence-corrected chi connectivity index (χ4v) is 4.15. The van der Waals surface area contributed by atoms with Crippen LogP contribution in [0, 0.1) is 11.6 Å². The number of aromatic nitrogens is 4. The number of nitrogens with zero attached hydrogens (tertiary/aromatic N) is 4. The maximum Gasteiger partial charge on any atom is 0.264 e. The minimum absolute atomic E-state index is 0.261. The second-order valence-electron chi connectivity index (χ2n) is 7.29. The lowest BCUT2D eigenvalue weighted by Crippen LogP contribution is -2.33. The van der Waals surface area contributed by atoms with Gasteiger partial charge < -0.3 is 4.90 Å². The standard InChI is InChI=1S/C22H19N5OS/c1-14-5-4-8-17(11-14)27-13-23-19-18(21(27)29)20(28)25-22(24-19)26-10-9-15-6-2-3-7-16(15)12-26/h2-8,11,13H,9-10,12H2,1H3,(H,24,25,28). The van der Waals surface area contributed by atoms with Gasteiger partial charge in [-0.1, -0.05) is 48.6 Å². The molecule has 0 spiro atoms. The maximum absolute atomic E-state index is 12.9. The highest BCUT2D eigenvalue weighted by molar-refractivity contribution is 7.71. The lowest BCUT2D eigenvalue weighted by Gasteiger charge is -2.29. The quantitative estimate of drug-likeness (QED) is 0.519. The molecule has 0 aliphatic carbocycles. The second-order valence-corrected chi connectivity index (χ2v) is 7.67. The van der Waals surface area contributed by atoms with Crippen molar-refractivity contribution >= 4 is 29.2 Å². The van der Waals surface area contributed by atoms with Crippen molar-refractivity contribution in [2.45, 2.75) is 19.9 Å². The molecule has 3 heterocycles. The van der Waals surface area contributed by atoms with Crippen LogP contribution in [0.1, 0.15) is 16.7 Å². The van der Waals surface area contributed by atoms with E-state index in [1.165, 1.54) is 11.1 Å². The van der Waals surface area contributed by atoms with E-state index in [4.69, 9.17) is 12.2 Å². The van der Waals surface area contributed by atoms with Crippen LogP contribution in [0.15, 0.2) is 59.7 Å². The lowest BCUT2D eigenvalue weighted by molar-refractivity contribution is 0.707. The number of anilines is 1. The van der Waals surface area contributed by atoms with Crippen LogP contribution in [-0.2, 0) is 13.0 Å². The van der Waals surface area contributed by atoms with Gasteiger partial charge in [-0.3, -0.25) is 14.3 Å². The van der Waals surface area contributed by atoms with Crippen LogP contribution in [0.2, 0.25) is 0 Å². The van der Waals surface area contributed by atoms with Gasteiger partial charge in [-0.05, 0) is 42.2 Å². The first-order chi connectivity index (χ1) is 14.1. The highest BCUT2D eigenvalue weighted by atomic mass is 32.1. The van der Waals surface area contributed by atoms with Crippen LogP contribution in [-0.4, -0.2) is 26.1 Å². The molecule has 29 heavy (non-hydrogen) atoms. The summed E-state index contributed by atoms with van der Waals surface area (Å²) in [5.74, 6) is 0.534. The fourth-order valence-electron chi connectivity index (χ4n) is 3.81. The summed E-state index contributed by atoms with van der Waals surface area (Å²) < 4.78 is 2.16. The molecule has 4 aromatic rings. The average Bonchev–Trinajstić information content (AvgIpc) is 2.73. The minimum Gasteiger partial charge on any atom is -0.338 e. The summed E-state index contributed by atoms with van der Waals surface area (Å²) in [6.07, 6.45) is 2.56. The molecule has 0 bridgehead atoms. The Kier molecular flexibility index (Phi) is 4.24. The molecule has 0 radical (unpaired) electrons. The van der Waals surface area contributed by atoms with Crippen LogP contribution in [0.3, 0.4) is 0 Å². The molecule has 2 aromatic carbocycles. The van der Waals surface area contributed by atoms with Crippen LogP contribution >= 0.6 is 12.2 Å². The van der Waals surface area contributed by atoms with E-state index in [-0.39, 0.29) is 5.56 Å². The van der Waals surface area contributed by atoms with Gasteiger partial charge in [-0.25, -0.2) is 4.98 Å². The Hall–Kier alpha value is -3.32. The normalized spacial score (nSPS) is 13.5. The van der Waals surface area contributed by atoms with Crippen molar-refractivity contribution in [1.82, 2.24) is 19.5 Å². The Bertz CT molecular complexity index is 1360. The van der Waals surface area contributed by atoms with Gasteiger partial charge in [0.05, 0.1) is 0 Å².